The average Bonchev–Trinajstić information content (AvgIpc) is 3.73. The van der Waals surface area contributed by atoms with Crippen molar-refractivity contribution in [2.75, 3.05) is 38.0 Å². The van der Waals surface area contributed by atoms with Gasteiger partial charge < -0.3 is 10.2 Å². The van der Waals surface area contributed by atoms with Gasteiger partial charge in [0.2, 0.25) is 11.8 Å². The summed E-state index contributed by atoms with van der Waals surface area (Å²) in [5, 5.41) is 11.7. The summed E-state index contributed by atoms with van der Waals surface area (Å²) in [6.45, 7) is 2.40. The number of hydrogen-bond acceptors (Lipinski definition) is 7. The lowest BCUT2D eigenvalue weighted by molar-refractivity contribution is -0.132. The zero-order valence-corrected chi connectivity index (χ0v) is 26.4. The fourth-order valence-corrected chi connectivity index (χ4v) is 6.74. The zero-order valence-electron chi connectivity index (χ0n) is 26.4. The third-order valence-electron chi connectivity index (χ3n) is 9.58. The van der Waals surface area contributed by atoms with E-state index in [0.29, 0.717) is 61.9 Å². The van der Waals surface area contributed by atoms with Gasteiger partial charge in [-0.2, -0.15) is 5.10 Å². The van der Waals surface area contributed by atoms with Gasteiger partial charge in [-0.15, -0.1) is 0 Å². The van der Waals surface area contributed by atoms with Gasteiger partial charge in [-0.25, -0.2) is 14.4 Å². The van der Waals surface area contributed by atoms with Gasteiger partial charge in [0, 0.05) is 77.6 Å². The van der Waals surface area contributed by atoms with Crippen LogP contribution in [-0.2, 0) is 9.59 Å². The first kappa shape index (κ1) is 30.1. The van der Waals surface area contributed by atoms with E-state index in [-0.39, 0.29) is 30.1 Å². The lowest BCUT2D eigenvalue weighted by Gasteiger charge is -2.28. The number of likely N-dealkylation sites (tertiary alicyclic amines) is 1. The topological polar surface area (TPSA) is 120 Å². The summed E-state index contributed by atoms with van der Waals surface area (Å²) in [7, 11) is 0. The molecule has 242 valence electrons. The number of carbonyl (C=O) groups excluding carboxylic acids is 2. The summed E-state index contributed by atoms with van der Waals surface area (Å²) < 4.78 is 15.0. The largest absolute Gasteiger partial charge is 0.338 e. The summed E-state index contributed by atoms with van der Waals surface area (Å²) >= 11 is 0. The molecule has 2 aliphatic heterocycles. The Hall–Kier alpha value is -5.29. The highest BCUT2D eigenvalue weighted by Crippen LogP contribution is 2.40. The van der Waals surface area contributed by atoms with Crippen molar-refractivity contribution in [3.05, 3.63) is 96.3 Å². The van der Waals surface area contributed by atoms with Gasteiger partial charge in [0.25, 0.3) is 0 Å². The predicted molar refractivity (Wildman–Crippen MR) is 181 cm³/mol. The quantitative estimate of drug-likeness (QED) is 0.224. The first-order chi connectivity index (χ1) is 23.5. The first-order valence-corrected chi connectivity index (χ1v) is 16.5. The standard InChI is InChI=1S/C37H35FN8O2/c38-31-18-26(36-40-12-1-13-41-36)4-6-29(31)23-10-16-46(17-11-23)34(47)22-45-15-9-27(21-45)37(48)42-28-5-7-32-30(20-28)35(44-43-32)25-8-14-39-33(19-25)24-2-3-24/h1,4-8,10,12-14,18-20,24,27H,2-3,9,11,15-17,21-22H2,(H,42,48)(H,43,44). The van der Waals surface area contributed by atoms with Crippen molar-refractivity contribution in [1.29, 1.82) is 0 Å². The fraction of sp³-hybridized carbons (Fsp3) is 0.297. The minimum absolute atomic E-state index is 0.0160. The molecular formula is C37H35FN8O2. The number of anilines is 1. The molecule has 2 aromatic carbocycles. The monoisotopic (exact) mass is 642 g/mol. The van der Waals surface area contributed by atoms with Gasteiger partial charge in [-0.05, 0) is 80.3 Å². The number of aromatic amines is 1. The number of nitrogens with one attached hydrogen (secondary N) is 2. The molecule has 3 aliphatic rings. The van der Waals surface area contributed by atoms with Crippen LogP contribution in [0.5, 0.6) is 0 Å². The molecule has 1 aliphatic carbocycles. The molecule has 1 saturated carbocycles. The summed E-state index contributed by atoms with van der Waals surface area (Å²) in [6.07, 6.45) is 10.7. The second kappa shape index (κ2) is 12.7. The molecule has 5 aromatic rings. The van der Waals surface area contributed by atoms with Crippen molar-refractivity contribution in [2.24, 2.45) is 5.92 Å². The van der Waals surface area contributed by atoms with E-state index in [4.69, 9.17) is 0 Å². The molecule has 0 radical (unpaired) electrons. The molecule has 8 rings (SSSR count). The van der Waals surface area contributed by atoms with Gasteiger partial charge in [0.1, 0.15) is 11.5 Å². The third kappa shape index (κ3) is 6.21. The van der Waals surface area contributed by atoms with Crippen molar-refractivity contribution in [1.82, 2.24) is 34.9 Å². The molecule has 1 atom stereocenters. The number of hydrogen-bond donors (Lipinski definition) is 2. The normalized spacial score (nSPS) is 18.2. The maximum Gasteiger partial charge on any atom is 0.237 e. The smallest absolute Gasteiger partial charge is 0.237 e. The molecule has 1 saturated heterocycles. The summed E-state index contributed by atoms with van der Waals surface area (Å²) in [5.74, 6) is 0.459. The van der Waals surface area contributed by atoms with Gasteiger partial charge in [-0.3, -0.25) is 24.6 Å². The number of halogens is 1. The highest BCUT2D eigenvalue weighted by molar-refractivity contribution is 5.99. The van der Waals surface area contributed by atoms with Crippen molar-refractivity contribution < 1.29 is 14.0 Å². The third-order valence-corrected chi connectivity index (χ3v) is 9.58. The van der Waals surface area contributed by atoms with Gasteiger partial charge >= 0.3 is 0 Å². The van der Waals surface area contributed by atoms with E-state index < -0.39 is 0 Å². The summed E-state index contributed by atoms with van der Waals surface area (Å²) in [5.41, 5.74) is 6.64. The van der Waals surface area contributed by atoms with Crippen LogP contribution < -0.4 is 5.32 Å². The Labute approximate surface area is 277 Å². The molecule has 48 heavy (non-hydrogen) atoms. The lowest BCUT2D eigenvalue weighted by atomic mass is 9.97. The van der Waals surface area contributed by atoms with E-state index in [0.717, 1.165) is 39.1 Å². The molecule has 2 amide bonds. The maximum atomic E-state index is 15.0. The number of carbonyl (C=O) groups is 2. The molecule has 3 aromatic heterocycles. The zero-order chi connectivity index (χ0) is 32.6. The lowest BCUT2D eigenvalue weighted by Crippen LogP contribution is -2.42. The molecular weight excluding hydrogens is 607 g/mol. The highest BCUT2D eigenvalue weighted by Gasteiger charge is 2.31. The summed E-state index contributed by atoms with van der Waals surface area (Å²) in [6, 6.07) is 16.7. The first-order valence-electron chi connectivity index (χ1n) is 16.5. The second-order valence-corrected chi connectivity index (χ2v) is 12.9. The number of aromatic nitrogens is 5. The Kier molecular flexibility index (Phi) is 7.97. The molecule has 0 spiro atoms. The number of nitrogens with zero attached hydrogens (tertiary/aromatic N) is 6. The van der Waals surface area contributed by atoms with Crippen LogP contribution in [0, 0.1) is 11.7 Å². The molecule has 2 fully saturated rings. The van der Waals surface area contributed by atoms with Gasteiger partial charge in [0.15, 0.2) is 5.82 Å². The minimum Gasteiger partial charge on any atom is -0.338 e. The molecule has 5 heterocycles. The number of pyridine rings is 1. The summed E-state index contributed by atoms with van der Waals surface area (Å²) in [4.78, 5) is 43.3. The van der Waals surface area contributed by atoms with E-state index in [1.807, 2.05) is 47.5 Å². The second-order valence-electron chi connectivity index (χ2n) is 12.9. The molecule has 1 unspecified atom stereocenters. The van der Waals surface area contributed by atoms with E-state index in [1.54, 1.807) is 29.4 Å². The maximum absolute atomic E-state index is 15.0. The molecule has 11 heteroatoms. The minimum atomic E-state index is -0.325. The molecule has 10 nitrogen and oxygen atoms in total. The molecule has 0 bridgehead atoms. The molecule has 2 N–H and O–H groups in total. The Bertz CT molecular complexity index is 2040. The van der Waals surface area contributed by atoms with Gasteiger partial charge in [0.05, 0.1) is 18.0 Å². The van der Waals surface area contributed by atoms with Crippen molar-refractivity contribution in [3.8, 4) is 22.6 Å². The van der Waals surface area contributed by atoms with Crippen molar-refractivity contribution in [3.63, 3.8) is 0 Å². The van der Waals surface area contributed by atoms with Crippen LogP contribution in [0.15, 0.2) is 79.3 Å². The number of fused-ring (bicyclic) bond motifs is 1. The van der Waals surface area contributed by atoms with E-state index in [1.165, 1.54) is 18.9 Å². The Morgan fingerprint density at radius 1 is 0.938 bits per heavy atom. The SMILES string of the molecule is O=C(Nc1ccc2[nH]nc(-c3ccnc(C4CC4)c3)c2c1)C1CCN(CC(=O)N2CC=C(c3ccc(-c4ncccn4)cc3F)CC2)C1. The van der Waals surface area contributed by atoms with Crippen LogP contribution in [0.1, 0.15) is 42.9 Å². The van der Waals surface area contributed by atoms with E-state index >= 15 is 4.39 Å². The Morgan fingerprint density at radius 3 is 2.60 bits per heavy atom. The van der Waals surface area contributed by atoms with Gasteiger partial charge in [-0.1, -0.05) is 18.2 Å². The van der Waals surface area contributed by atoms with Crippen LogP contribution >= 0.6 is 0 Å². The van der Waals surface area contributed by atoms with Crippen LogP contribution in [0.4, 0.5) is 10.1 Å². The van der Waals surface area contributed by atoms with E-state index in [2.05, 4.69) is 36.5 Å². The van der Waals surface area contributed by atoms with Crippen LogP contribution in [0.3, 0.4) is 0 Å². The Morgan fingerprint density at radius 2 is 1.81 bits per heavy atom. The van der Waals surface area contributed by atoms with Crippen LogP contribution in [0.2, 0.25) is 0 Å². The average molecular weight is 643 g/mol. The highest BCUT2D eigenvalue weighted by atomic mass is 19.1. The predicted octanol–water partition coefficient (Wildman–Crippen LogP) is 5.67. The number of rotatable bonds is 8. The van der Waals surface area contributed by atoms with Crippen LogP contribution in [-0.4, -0.2) is 79.5 Å². The number of benzene rings is 2. The number of H-pyrrole nitrogens is 1. The fourth-order valence-electron chi connectivity index (χ4n) is 6.74. The van der Waals surface area contributed by atoms with E-state index in [9.17, 15) is 9.59 Å². The van der Waals surface area contributed by atoms with Crippen molar-refractivity contribution in [2.45, 2.75) is 31.6 Å². The van der Waals surface area contributed by atoms with Crippen molar-refractivity contribution >= 4 is 34.0 Å². The van der Waals surface area contributed by atoms with Crippen LogP contribution in [0.25, 0.3) is 39.1 Å². The number of amides is 2. The Balaban J connectivity index is 0.858.